The predicted octanol–water partition coefficient (Wildman–Crippen LogP) is 13.7. The van der Waals surface area contributed by atoms with E-state index in [9.17, 15) is 24.0 Å². The van der Waals surface area contributed by atoms with Gasteiger partial charge in [-0.15, -0.1) is 0 Å². The number of carbonyl (C=O) groups excluding carboxylic acids is 6. The van der Waals surface area contributed by atoms with Gasteiger partial charge in [0, 0.05) is 63.4 Å². The Morgan fingerprint density at radius 1 is 0.675 bits per heavy atom. The van der Waals surface area contributed by atoms with Crippen molar-refractivity contribution in [3.63, 3.8) is 0 Å². The van der Waals surface area contributed by atoms with Gasteiger partial charge in [-0.1, -0.05) is 69.5 Å². The Kier molecular flexibility index (Phi) is 30.5. The molecule has 2 fully saturated rings. The minimum atomic E-state index is -0.549. The van der Waals surface area contributed by atoms with Crippen LogP contribution in [0.4, 0.5) is 15.3 Å². The first-order valence-electron chi connectivity index (χ1n) is 27.5. The molecule has 3 heterocycles. The molecule has 18 nitrogen and oxygen atoms in total. The summed E-state index contributed by atoms with van der Waals surface area (Å²) < 4.78 is 28.1. The zero-order valence-electron chi connectivity index (χ0n) is 50.6. The minimum Gasteiger partial charge on any atom is -0.496 e. The molecule has 0 spiro atoms. The van der Waals surface area contributed by atoms with Crippen LogP contribution in [0.25, 0.3) is 0 Å². The number of nitrogens with zero attached hydrogens (tertiary/aromatic N) is 4. The number of hydrogen-bond acceptors (Lipinski definition) is 14. The van der Waals surface area contributed by atoms with Crippen molar-refractivity contribution in [3.05, 3.63) is 144 Å². The van der Waals surface area contributed by atoms with E-state index in [-0.39, 0.29) is 61.0 Å². The number of amides is 3. The second-order valence-corrected chi connectivity index (χ2v) is 23.3. The summed E-state index contributed by atoms with van der Waals surface area (Å²) in [7, 11) is 4.73. The number of anilines is 1. The van der Waals surface area contributed by atoms with Crippen LogP contribution >= 0.6 is 22.6 Å². The molecule has 2 aliphatic carbocycles. The van der Waals surface area contributed by atoms with Crippen LogP contribution in [0.3, 0.4) is 0 Å². The number of esters is 1. The lowest BCUT2D eigenvalue weighted by Crippen LogP contribution is -2.45. The minimum absolute atomic E-state index is 0. The van der Waals surface area contributed by atoms with Gasteiger partial charge in [0.05, 0.1) is 51.4 Å². The molecular weight excluding hydrogens is 1170 g/mol. The van der Waals surface area contributed by atoms with Gasteiger partial charge in [0.2, 0.25) is 5.91 Å². The molecule has 454 valence electrons. The highest BCUT2D eigenvalue weighted by molar-refractivity contribution is 14.1. The summed E-state index contributed by atoms with van der Waals surface area (Å²) in [6.45, 7) is 23.9. The van der Waals surface area contributed by atoms with Gasteiger partial charge in [-0.2, -0.15) is 9.59 Å². The van der Waals surface area contributed by atoms with Gasteiger partial charge in [-0.25, -0.2) is 14.4 Å². The number of halogens is 1. The van der Waals surface area contributed by atoms with E-state index in [0.717, 1.165) is 100 Å². The van der Waals surface area contributed by atoms with Crippen molar-refractivity contribution in [3.8, 4) is 11.5 Å². The molecule has 0 aliphatic heterocycles. The lowest BCUT2D eigenvalue weighted by atomic mass is 9.79. The Labute approximate surface area is 505 Å². The number of aryl methyl sites for hydroxylation is 3. The monoisotopic (exact) mass is 1260 g/mol. The number of aromatic amines is 1. The molecule has 2 N–H and O–H groups in total. The summed E-state index contributed by atoms with van der Waals surface area (Å²) in [5.74, 6) is 1.59. The normalized spacial score (nSPS) is 14.6. The second kappa shape index (κ2) is 35.1. The molecule has 2 unspecified atom stereocenters. The average Bonchev–Trinajstić information content (AvgIpc) is 3.42. The summed E-state index contributed by atoms with van der Waals surface area (Å²) in [4.78, 5) is 90.3. The fourth-order valence-electron chi connectivity index (χ4n) is 9.72. The average molecular weight is 1260 g/mol. The molecule has 3 aromatic heterocycles. The number of benzene rings is 2. The van der Waals surface area contributed by atoms with E-state index in [1.807, 2.05) is 110 Å². The number of rotatable bonds is 11. The van der Waals surface area contributed by atoms with Crippen LogP contribution in [-0.2, 0) is 41.7 Å². The van der Waals surface area contributed by atoms with Gasteiger partial charge >= 0.3 is 24.3 Å². The molecule has 0 bridgehead atoms. The fraction of sp³-hybridized carbons (Fsp3) is 0.500. The largest absolute Gasteiger partial charge is 0.496 e. The summed E-state index contributed by atoms with van der Waals surface area (Å²) in [6, 6.07) is 19.4. The fourth-order valence-corrected chi connectivity index (χ4v) is 10.3. The Morgan fingerprint density at radius 3 is 1.61 bits per heavy atom. The topological polar surface area (TPSA) is 226 Å². The Hall–Kier alpha value is -7.12. The number of pyridine rings is 3. The lowest BCUT2D eigenvalue weighted by molar-refractivity contribution is -0.191. The Balaban J connectivity index is 0.000000405. The van der Waals surface area contributed by atoms with Crippen LogP contribution in [0.1, 0.15) is 175 Å². The van der Waals surface area contributed by atoms with E-state index in [1.54, 1.807) is 32.4 Å². The Bertz CT molecular complexity index is 2980. The Morgan fingerprint density at radius 2 is 1.16 bits per heavy atom. The molecule has 2 atom stereocenters. The first kappa shape index (κ1) is 72.0. The third-order valence-electron chi connectivity index (χ3n) is 13.5. The van der Waals surface area contributed by atoms with E-state index >= 15 is 0 Å². The van der Waals surface area contributed by atoms with E-state index in [4.69, 9.17) is 28.5 Å². The number of methoxy groups -OCH3 is 3. The number of hydrogen-bond donors (Lipinski definition) is 2. The smallest absolute Gasteiger partial charge is 0.410 e. The lowest BCUT2D eigenvalue weighted by Gasteiger charge is -2.38. The first-order valence-corrected chi connectivity index (χ1v) is 28.6. The van der Waals surface area contributed by atoms with Crippen molar-refractivity contribution in [2.45, 2.75) is 191 Å². The molecule has 7 rings (SSSR count). The molecule has 0 saturated heterocycles. The second-order valence-electron chi connectivity index (χ2n) is 22.1. The van der Waals surface area contributed by atoms with Gasteiger partial charge in [0.25, 0.3) is 5.56 Å². The van der Waals surface area contributed by atoms with Crippen LogP contribution < -0.4 is 20.3 Å². The number of ether oxygens (including phenoxy) is 5. The quantitative estimate of drug-likeness (QED) is 0.0713. The van der Waals surface area contributed by atoms with Crippen LogP contribution in [0.5, 0.6) is 11.5 Å². The molecular formula is C64H89IN6O12. The van der Waals surface area contributed by atoms with E-state index < -0.39 is 11.2 Å². The van der Waals surface area contributed by atoms with E-state index in [2.05, 4.69) is 78.8 Å². The summed E-state index contributed by atoms with van der Waals surface area (Å²) in [5.41, 5.74) is 7.98. The SMILES string of the molecule is C.CC(=O)Nc1ccc[nH]c1=O.COC(=O)c1ccccc1I.COc1c(C)cnc(CN(C(=O)OC(C)(C)C)C2CCCC(c3ccccc3C)C2)c1C.COc1c(C)cnc(CN(C(=O)OC(C)(C)C)C2CCCCC2)c1C.O=C=O. The highest BCUT2D eigenvalue weighted by Gasteiger charge is 2.35. The van der Waals surface area contributed by atoms with Gasteiger partial charge in [0.15, 0.2) is 0 Å². The molecule has 2 saturated carbocycles. The first-order chi connectivity index (χ1) is 38.7. The molecule has 2 aromatic carbocycles. The van der Waals surface area contributed by atoms with Crippen molar-refractivity contribution in [2.24, 2.45) is 0 Å². The maximum absolute atomic E-state index is 13.3. The van der Waals surface area contributed by atoms with Crippen LogP contribution in [-0.4, -0.2) is 99.6 Å². The number of nitrogens with one attached hydrogen (secondary N) is 2. The highest BCUT2D eigenvalue weighted by atomic mass is 127. The van der Waals surface area contributed by atoms with Crippen LogP contribution in [0, 0.1) is 38.2 Å². The summed E-state index contributed by atoms with van der Waals surface area (Å²) >= 11 is 2.10. The summed E-state index contributed by atoms with van der Waals surface area (Å²) in [5, 5.41) is 2.39. The maximum atomic E-state index is 13.3. The zero-order valence-corrected chi connectivity index (χ0v) is 52.7. The van der Waals surface area contributed by atoms with Crippen LogP contribution in [0.2, 0.25) is 0 Å². The van der Waals surface area contributed by atoms with Gasteiger partial charge in [0.1, 0.15) is 28.4 Å². The molecule has 3 amide bonds. The van der Waals surface area contributed by atoms with E-state index in [1.165, 1.54) is 37.8 Å². The molecule has 5 aromatic rings. The van der Waals surface area contributed by atoms with Crippen molar-refractivity contribution >= 4 is 58.5 Å². The zero-order chi connectivity index (χ0) is 61.3. The van der Waals surface area contributed by atoms with Crippen molar-refractivity contribution in [1.82, 2.24) is 24.8 Å². The van der Waals surface area contributed by atoms with Gasteiger partial charge in [-0.3, -0.25) is 29.4 Å². The number of carbonyl (C=O) groups is 4. The maximum Gasteiger partial charge on any atom is 0.410 e. The summed E-state index contributed by atoms with van der Waals surface area (Å²) in [6.07, 6.45) is 14.7. The molecule has 19 heteroatoms. The molecule has 2 aliphatic rings. The highest BCUT2D eigenvalue weighted by Crippen LogP contribution is 2.38. The van der Waals surface area contributed by atoms with Crippen LogP contribution in [0.15, 0.2) is 84.0 Å². The standard InChI is InChI=1S/C27H38N2O3.C20H32N2O3.C8H7IO2.C7H8N2O2.CO2.CH4/c1-18-11-8-9-14-23(18)21-12-10-13-22(15-21)29(26(30)32-27(4,5)6)17-24-20(3)25(31-7)19(2)16-28-24;1-14-12-21-17(15(2)18(14)24-6)13-22(16-10-8-7-9-11-16)19(23)25-20(3,4)5;1-11-8(10)6-4-2-3-5-7(6)9;1-5(10)9-6-3-2-4-8-7(6)11;2-1-3;/h8-9,11,14,16,21-22H,10,12-13,15,17H2,1-7H3;12,16H,7-11,13H2,1-6H3;2-5H,1H3;2-4H,1H3,(H,8,11)(H,9,10);;1H4. The molecule has 0 radical (unpaired) electrons. The van der Waals surface area contributed by atoms with Gasteiger partial charge < -0.3 is 34.0 Å². The van der Waals surface area contributed by atoms with Crippen molar-refractivity contribution in [1.29, 1.82) is 0 Å². The van der Waals surface area contributed by atoms with Crippen molar-refractivity contribution < 1.29 is 52.5 Å². The van der Waals surface area contributed by atoms with Gasteiger partial charge in [-0.05, 0) is 172 Å². The number of aromatic nitrogens is 3. The van der Waals surface area contributed by atoms with Crippen molar-refractivity contribution in [2.75, 3.05) is 26.6 Å². The molecule has 83 heavy (non-hydrogen) atoms. The third kappa shape index (κ3) is 23.6. The predicted molar refractivity (Wildman–Crippen MR) is 331 cm³/mol. The number of H-pyrrole nitrogens is 1. The third-order valence-corrected chi connectivity index (χ3v) is 14.5. The van der Waals surface area contributed by atoms with E-state index in [0.29, 0.717) is 24.6 Å².